The fourth-order valence-electron chi connectivity index (χ4n) is 5.60. The van der Waals surface area contributed by atoms with Crippen LogP contribution in [0.4, 0.5) is 16.1 Å². The number of β-amino-alcohol motifs (C(OH)–C–C–N with tert-alkyl or cyclic N) is 1. The number of thiazole rings is 1. The average molecular weight is 606 g/mol. The lowest BCUT2D eigenvalue weighted by atomic mass is 10.1. The summed E-state index contributed by atoms with van der Waals surface area (Å²) < 4.78 is 1.90. The zero-order chi connectivity index (χ0) is 29.7. The Morgan fingerprint density at radius 1 is 1.12 bits per heavy atom. The summed E-state index contributed by atoms with van der Waals surface area (Å²) in [6.45, 7) is 11.2. The molecule has 42 heavy (non-hydrogen) atoms. The molecule has 13 heteroatoms. The number of anilines is 3. The van der Waals surface area contributed by atoms with Crippen LogP contribution in [0.15, 0.2) is 24.3 Å². The summed E-state index contributed by atoms with van der Waals surface area (Å²) >= 11 is 2.93. The van der Waals surface area contributed by atoms with Gasteiger partial charge in [0.1, 0.15) is 16.6 Å². The van der Waals surface area contributed by atoms with Gasteiger partial charge >= 0.3 is 0 Å². The van der Waals surface area contributed by atoms with Crippen LogP contribution in [-0.4, -0.2) is 98.4 Å². The number of benzene rings is 1. The average Bonchev–Trinajstić information content (AvgIpc) is 3.65. The Morgan fingerprint density at radius 2 is 1.86 bits per heavy atom. The Kier molecular flexibility index (Phi) is 7.65. The standard InChI is InChI=1S/C29H35N9O2S2/c1-6-22-26(34(5)27-32-25(23(11-30)41-27)20-9-7-17(2)8-10-20)38-28(31-22)42-29(33-38)37-13-18(3)35(12-19(37)4)16-24(40)36-14-21(39)15-36/h7-10,18-19,21,39H,6,12-16H2,1-5H3/t18-,19-/m0/s1. The SMILES string of the molecule is CCc1nc2sc(N3C[C@H](C)N(CC(=O)N4CC(O)C4)C[C@@H]3C)nn2c1N(C)c1nc(-c2ccc(C)cc2)c(C#N)s1. The highest BCUT2D eigenvalue weighted by Gasteiger charge is 2.36. The number of aryl methyl sites for hydroxylation is 2. The minimum Gasteiger partial charge on any atom is -0.389 e. The molecule has 2 atom stereocenters. The van der Waals surface area contributed by atoms with E-state index in [1.54, 1.807) is 16.2 Å². The number of carbonyl (C=O) groups is 1. The lowest BCUT2D eigenvalue weighted by Gasteiger charge is -2.45. The Bertz CT molecular complexity index is 1650. The van der Waals surface area contributed by atoms with E-state index < -0.39 is 0 Å². The highest BCUT2D eigenvalue weighted by atomic mass is 32.1. The van der Waals surface area contributed by atoms with Crippen molar-refractivity contribution in [1.29, 1.82) is 5.26 Å². The van der Waals surface area contributed by atoms with Crippen LogP contribution >= 0.6 is 22.7 Å². The van der Waals surface area contributed by atoms with Crippen molar-refractivity contribution < 1.29 is 9.90 Å². The molecule has 0 radical (unpaired) electrons. The first kappa shape index (κ1) is 28.5. The minimum absolute atomic E-state index is 0.0765. The van der Waals surface area contributed by atoms with Gasteiger partial charge in [0, 0.05) is 50.9 Å². The van der Waals surface area contributed by atoms with Gasteiger partial charge in [0.25, 0.3) is 0 Å². The second-order valence-corrected chi connectivity index (χ2v) is 13.2. The van der Waals surface area contributed by atoms with Gasteiger partial charge in [0.05, 0.1) is 18.3 Å². The number of hydrogen-bond acceptors (Lipinski definition) is 11. The summed E-state index contributed by atoms with van der Waals surface area (Å²) in [5.74, 6) is 0.929. The van der Waals surface area contributed by atoms with Gasteiger partial charge in [-0.05, 0) is 27.2 Å². The molecule has 3 aromatic heterocycles. The van der Waals surface area contributed by atoms with Gasteiger partial charge in [-0.1, -0.05) is 59.4 Å². The van der Waals surface area contributed by atoms with Gasteiger partial charge < -0.3 is 19.8 Å². The monoisotopic (exact) mass is 605 g/mol. The molecule has 0 unspecified atom stereocenters. The quantitative estimate of drug-likeness (QED) is 0.338. The number of nitriles is 1. The van der Waals surface area contributed by atoms with Gasteiger partial charge in [-0.25, -0.2) is 9.97 Å². The summed E-state index contributed by atoms with van der Waals surface area (Å²) in [6, 6.07) is 10.7. The molecule has 11 nitrogen and oxygen atoms in total. The summed E-state index contributed by atoms with van der Waals surface area (Å²) in [4.78, 5) is 32.1. The van der Waals surface area contributed by atoms with Crippen molar-refractivity contribution in [2.45, 2.75) is 52.3 Å². The molecule has 0 spiro atoms. The Labute approximate surface area is 253 Å². The van der Waals surface area contributed by atoms with Crippen LogP contribution in [0.1, 0.15) is 36.9 Å². The van der Waals surface area contributed by atoms with Crippen LogP contribution in [0.2, 0.25) is 0 Å². The second-order valence-electron chi connectivity index (χ2n) is 11.3. The molecule has 0 bridgehead atoms. The molecule has 2 fully saturated rings. The first-order chi connectivity index (χ1) is 20.2. The summed E-state index contributed by atoms with van der Waals surface area (Å²) in [5, 5.41) is 26.1. The molecule has 1 amide bonds. The maximum absolute atomic E-state index is 12.7. The van der Waals surface area contributed by atoms with Crippen molar-refractivity contribution in [2.24, 2.45) is 0 Å². The van der Waals surface area contributed by atoms with Crippen LogP contribution < -0.4 is 9.80 Å². The number of fused-ring (bicyclic) bond motifs is 1. The first-order valence-corrected chi connectivity index (χ1v) is 15.9. The molecule has 1 aromatic carbocycles. The summed E-state index contributed by atoms with van der Waals surface area (Å²) in [7, 11) is 1.96. The number of aliphatic hydroxyl groups excluding tert-OH is 1. The molecule has 2 aliphatic rings. The Morgan fingerprint density at radius 3 is 2.52 bits per heavy atom. The van der Waals surface area contributed by atoms with Crippen LogP contribution in [-0.2, 0) is 11.2 Å². The summed E-state index contributed by atoms with van der Waals surface area (Å²) in [6.07, 6.45) is 0.350. The molecular weight excluding hydrogens is 571 g/mol. The third kappa shape index (κ3) is 5.13. The number of aliphatic hydroxyl groups is 1. The topological polar surface area (TPSA) is 117 Å². The van der Waals surface area contributed by atoms with Crippen molar-refractivity contribution in [3.05, 3.63) is 40.4 Å². The highest BCUT2D eigenvalue weighted by Crippen LogP contribution is 2.38. The smallest absolute Gasteiger partial charge is 0.236 e. The molecule has 0 saturated carbocycles. The van der Waals surface area contributed by atoms with E-state index in [0.717, 1.165) is 52.2 Å². The van der Waals surface area contributed by atoms with E-state index in [-0.39, 0.29) is 24.1 Å². The Balaban J connectivity index is 1.25. The third-order valence-electron chi connectivity index (χ3n) is 8.13. The van der Waals surface area contributed by atoms with Crippen molar-refractivity contribution in [3.8, 4) is 17.3 Å². The number of rotatable bonds is 7. The molecule has 0 aliphatic carbocycles. The van der Waals surface area contributed by atoms with Crippen molar-refractivity contribution in [2.75, 3.05) is 49.6 Å². The number of aromatic nitrogens is 4. The number of likely N-dealkylation sites (tertiary alicyclic amines) is 1. The van der Waals surface area contributed by atoms with E-state index in [4.69, 9.17) is 15.1 Å². The van der Waals surface area contributed by atoms with E-state index in [1.165, 1.54) is 11.3 Å². The zero-order valence-corrected chi connectivity index (χ0v) is 26.1. The highest BCUT2D eigenvalue weighted by molar-refractivity contribution is 7.20. The van der Waals surface area contributed by atoms with E-state index in [1.807, 2.05) is 47.7 Å². The van der Waals surface area contributed by atoms with Crippen molar-refractivity contribution >= 4 is 49.6 Å². The van der Waals surface area contributed by atoms with Crippen LogP contribution in [0, 0.1) is 18.3 Å². The van der Waals surface area contributed by atoms with Crippen LogP contribution in [0.3, 0.4) is 0 Å². The van der Waals surface area contributed by atoms with Crippen LogP contribution in [0.25, 0.3) is 16.2 Å². The van der Waals surface area contributed by atoms with Gasteiger partial charge in [0.15, 0.2) is 10.9 Å². The van der Waals surface area contributed by atoms with Gasteiger partial charge in [-0.3, -0.25) is 9.69 Å². The second kappa shape index (κ2) is 11.3. The lowest BCUT2D eigenvalue weighted by Crippen LogP contribution is -2.61. The molecule has 220 valence electrons. The molecule has 5 heterocycles. The van der Waals surface area contributed by atoms with Crippen molar-refractivity contribution in [3.63, 3.8) is 0 Å². The van der Waals surface area contributed by atoms with Gasteiger partial charge in [-0.2, -0.15) is 9.78 Å². The molecular formula is C29H35N9O2S2. The number of hydrogen-bond donors (Lipinski definition) is 1. The number of piperazine rings is 1. The Hall–Kier alpha value is -3.57. The lowest BCUT2D eigenvalue weighted by molar-refractivity contribution is -0.143. The van der Waals surface area contributed by atoms with Crippen molar-refractivity contribution in [1.82, 2.24) is 29.4 Å². The predicted molar refractivity (Wildman–Crippen MR) is 166 cm³/mol. The molecule has 2 aliphatic heterocycles. The molecule has 4 aromatic rings. The van der Waals surface area contributed by atoms with E-state index in [9.17, 15) is 15.2 Å². The minimum atomic E-state index is -0.387. The zero-order valence-electron chi connectivity index (χ0n) is 24.5. The first-order valence-electron chi connectivity index (χ1n) is 14.2. The fourth-order valence-corrected chi connectivity index (χ4v) is 7.48. The fraction of sp³-hybridized carbons (Fsp3) is 0.483. The number of carbonyl (C=O) groups excluding carboxylic acids is 1. The maximum atomic E-state index is 12.7. The number of nitrogens with zero attached hydrogens (tertiary/aromatic N) is 9. The van der Waals surface area contributed by atoms with Crippen LogP contribution in [0.5, 0.6) is 0 Å². The normalized spacial score (nSPS) is 19.7. The largest absolute Gasteiger partial charge is 0.389 e. The number of amides is 1. The third-order valence-corrected chi connectivity index (χ3v) is 10.1. The van der Waals surface area contributed by atoms with E-state index in [0.29, 0.717) is 35.3 Å². The van der Waals surface area contributed by atoms with E-state index in [2.05, 4.69) is 36.6 Å². The number of imidazole rings is 1. The summed E-state index contributed by atoms with van der Waals surface area (Å²) in [5.41, 5.74) is 3.69. The predicted octanol–water partition coefficient (Wildman–Crippen LogP) is 3.53. The van der Waals surface area contributed by atoms with Gasteiger partial charge in [0.2, 0.25) is 16.0 Å². The maximum Gasteiger partial charge on any atom is 0.236 e. The molecule has 2 saturated heterocycles. The van der Waals surface area contributed by atoms with Gasteiger partial charge in [-0.15, -0.1) is 5.10 Å². The van der Waals surface area contributed by atoms with E-state index >= 15 is 0 Å². The molecule has 1 N–H and O–H groups in total. The molecule has 6 rings (SSSR count).